The highest BCUT2D eigenvalue weighted by atomic mass is 35.5. The molecule has 0 aromatic heterocycles. The quantitative estimate of drug-likeness (QED) is 0.686. The fourth-order valence-corrected chi connectivity index (χ4v) is 2.53. The number of halogens is 2. The second kappa shape index (κ2) is 9.56. The van der Waals surface area contributed by atoms with Crippen molar-refractivity contribution >= 4 is 34.8 Å². The van der Waals surface area contributed by atoms with Gasteiger partial charge in [-0.2, -0.15) is 0 Å². The molecule has 2 aromatic rings. The Kier molecular flexibility index (Phi) is 7.40. The molecule has 0 bridgehead atoms. The summed E-state index contributed by atoms with van der Waals surface area (Å²) in [5, 5.41) is 7.08. The number of hydrogen-bond donors (Lipinski definition) is 2. The Morgan fingerprint density at radius 3 is 2.57 bits per heavy atom. The van der Waals surface area contributed by atoms with Crippen LogP contribution in [0.1, 0.15) is 18.4 Å². The minimum absolute atomic E-state index is 0.0790. The van der Waals surface area contributed by atoms with Gasteiger partial charge in [-0.05, 0) is 43.1 Å². The van der Waals surface area contributed by atoms with Gasteiger partial charge in [0.05, 0.1) is 10.7 Å². The van der Waals surface area contributed by atoms with E-state index >= 15 is 0 Å². The monoisotopic (exact) mass is 350 g/mol. The lowest BCUT2D eigenvalue weighted by Gasteiger charge is -2.08. The zero-order valence-electron chi connectivity index (χ0n) is 12.8. The molecule has 0 spiro atoms. The fourth-order valence-electron chi connectivity index (χ4n) is 2.20. The van der Waals surface area contributed by atoms with Crippen molar-refractivity contribution in [2.24, 2.45) is 0 Å². The molecule has 0 fully saturated rings. The first-order chi connectivity index (χ1) is 11.1. The predicted octanol–water partition coefficient (Wildman–Crippen LogP) is 4.54. The topological polar surface area (TPSA) is 41.1 Å². The summed E-state index contributed by atoms with van der Waals surface area (Å²) in [7, 11) is 0. The molecular formula is C18H20Cl2N2O. The normalized spacial score (nSPS) is 10.5. The van der Waals surface area contributed by atoms with E-state index in [0.717, 1.165) is 19.4 Å². The van der Waals surface area contributed by atoms with Crippen LogP contribution in [-0.4, -0.2) is 19.0 Å². The van der Waals surface area contributed by atoms with Crippen LogP contribution in [0.3, 0.4) is 0 Å². The number of carbonyl (C=O) groups is 1. The molecular weight excluding hydrogens is 331 g/mol. The van der Waals surface area contributed by atoms with Crippen LogP contribution in [0.4, 0.5) is 5.69 Å². The molecule has 122 valence electrons. The summed E-state index contributed by atoms with van der Waals surface area (Å²) in [6, 6.07) is 15.4. The Morgan fingerprint density at radius 2 is 1.78 bits per heavy atom. The average molecular weight is 351 g/mol. The molecule has 0 radical (unpaired) electrons. The van der Waals surface area contributed by atoms with Gasteiger partial charge < -0.3 is 10.6 Å². The molecule has 0 heterocycles. The maximum atomic E-state index is 11.9. The molecule has 0 saturated carbocycles. The van der Waals surface area contributed by atoms with Crippen molar-refractivity contribution in [3.8, 4) is 0 Å². The van der Waals surface area contributed by atoms with Crippen LogP contribution < -0.4 is 10.6 Å². The van der Waals surface area contributed by atoms with Gasteiger partial charge >= 0.3 is 0 Å². The summed E-state index contributed by atoms with van der Waals surface area (Å²) in [5.74, 6) is -0.0790. The molecule has 0 aliphatic rings. The van der Waals surface area contributed by atoms with E-state index in [4.69, 9.17) is 23.2 Å². The molecule has 3 nitrogen and oxygen atoms in total. The smallest absolute Gasteiger partial charge is 0.225 e. The molecule has 0 saturated heterocycles. The number of hydrogen-bond acceptors (Lipinski definition) is 2. The van der Waals surface area contributed by atoms with E-state index in [9.17, 15) is 4.79 Å². The summed E-state index contributed by atoms with van der Waals surface area (Å²) >= 11 is 11.9. The highest BCUT2D eigenvalue weighted by Gasteiger charge is 2.06. The van der Waals surface area contributed by atoms with E-state index in [-0.39, 0.29) is 5.91 Å². The highest BCUT2D eigenvalue weighted by Crippen LogP contribution is 2.25. The number of amides is 1. The number of anilines is 1. The lowest BCUT2D eigenvalue weighted by atomic mass is 10.1. The summed E-state index contributed by atoms with van der Waals surface area (Å²) in [6.07, 6.45) is 2.48. The van der Waals surface area contributed by atoms with E-state index < -0.39 is 0 Å². The Morgan fingerprint density at radius 1 is 1.00 bits per heavy atom. The zero-order chi connectivity index (χ0) is 16.5. The van der Waals surface area contributed by atoms with Gasteiger partial charge in [0.2, 0.25) is 5.91 Å². The third kappa shape index (κ3) is 6.61. The second-order valence-electron chi connectivity index (χ2n) is 5.26. The SMILES string of the molecule is O=C(CCNCCCc1ccccc1)Nc1cc(Cl)ccc1Cl. The number of rotatable bonds is 8. The number of carbonyl (C=O) groups excluding carboxylic acids is 1. The first kappa shape index (κ1) is 17.8. The summed E-state index contributed by atoms with van der Waals surface area (Å²) in [4.78, 5) is 11.9. The number of aryl methyl sites for hydroxylation is 1. The van der Waals surface area contributed by atoms with Crippen molar-refractivity contribution < 1.29 is 4.79 Å². The van der Waals surface area contributed by atoms with E-state index in [0.29, 0.717) is 28.7 Å². The number of benzene rings is 2. The van der Waals surface area contributed by atoms with Gasteiger partial charge in [-0.15, -0.1) is 0 Å². The molecule has 2 aromatic carbocycles. The van der Waals surface area contributed by atoms with Crippen molar-refractivity contribution in [2.45, 2.75) is 19.3 Å². The molecule has 2 N–H and O–H groups in total. The van der Waals surface area contributed by atoms with Crippen molar-refractivity contribution in [2.75, 3.05) is 18.4 Å². The fraction of sp³-hybridized carbons (Fsp3) is 0.278. The first-order valence-electron chi connectivity index (χ1n) is 7.65. The standard InChI is InChI=1S/C18H20Cl2N2O/c19-15-8-9-16(20)17(13-15)22-18(23)10-12-21-11-4-7-14-5-2-1-3-6-14/h1-3,5-6,8-9,13,21H,4,7,10-12H2,(H,22,23). The van der Waals surface area contributed by atoms with Crippen molar-refractivity contribution in [1.82, 2.24) is 5.32 Å². The van der Waals surface area contributed by atoms with Crippen LogP contribution in [0.2, 0.25) is 10.0 Å². The molecule has 0 aliphatic carbocycles. The zero-order valence-corrected chi connectivity index (χ0v) is 14.3. The van der Waals surface area contributed by atoms with Gasteiger partial charge in [0.25, 0.3) is 0 Å². The third-order valence-corrected chi connectivity index (χ3v) is 3.96. The van der Waals surface area contributed by atoms with Crippen LogP contribution in [-0.2, 0) is 11.2 Å². The average Bonchev–Trinajstić information content (AvgIpc) is 2.55. The van der Waals surface area contributed by atoms with E-state index in [1.807, 2.05) is 18.2 Å². The first-order valence-corrected chi connectivity index (χ1v) is 8.40. The van der Waals surface area contributed by atoms with Gasteiger partial charge in [-0.1, -0.05) is 53.5 Å². The van der Waals surface area contributed by atoms with E-state index in [1.165, 1.54) is 5.56 Å². The Bertz CT molecular complexity index is 632. The van der Waals surface area contributed by atoms with E-state index in [2.05, 4.69) is 22.8 Å². The van der Waals surface area contributed by atoms with Gasteiger partial charge in [0.1, 0.15) is 0 Å². The molecule has 2 rings (SSSR count). The molecule has 1 amide bonds. The maximum absolute atomic E-state index is 11.9. The maximum Gasteiger partial charge on any atom is 0.225 e. The minimum atomic E-state index is -0.0790. The van der Waals surface area contributed by atoms with Crippen LogP contribution in [0.15, 0.2) is 48.5 Å². The van der Waals surface area contributed by atoms with Crippen LogP contribution >= 0.6 is 23.2 Å². The Labute approximate surface area is 147 Å². The molecule has 0 atom stereocenters. The molecule has 0 unspecified atom stereocenters. The lowest BCUT2D eigenvalue weighted by molar-refractivity contribution is -0.116. The van der Waals surface area contributed by atoms with Gasteiger partial charge in [0.15, 0.2) is 0 Å². The van der Waals surface area contributed by atoms with E-state index in [1.54, 1.807) is 18.2 Å². The second-order valence-corrected chi connectivity index (χ2v) is 6.11. The summed E-state index contributed by atoms with van der Waals surface area (Å²) < 4.78 is 0. The van der Waals surface area contributed by atoms with Gasteiger partial charge in [-0.3, -0.25) is 4.79 Å². The lowest BCUT2D eigenvalue weighted by Crippen LogP contribution is -2.23. The van der Waals surface area contributed by atoms with Crippen LogP contribution in [0.5, 0.6) is 0 Å². The van der Waals surface area contributed by atoms with Gasteiger partial charge in [-0.25, -0.2) is 0 Å². The van der Waals surface area contributed by atoms with Crippen molar-refractivity contribution in [1.29, 1.82) is 0 Å². The number of nitrogens with one attached hydrogen (secondary N) is 2. The van der Waals surface area contributed by atoms with Crippen molar-refractivity contribution in [3.05, 3.63) is 64.1 Å². The third-order valence-electron chi connectivity index (χ3n) is 3.39. The molecule has 5 heteroatoms. The highest BCUT2D eigenvalue weighted by molar-refractivity contribution is 6.35. The minimum Gasteiger partial charge on any atom is -0.325 e. The largest absolute Gasteiger partial charge is 0.325 e. The predicted molar refractivity (Wildman–Crippen MR) is 97.3 cm³/mol. The van der Waals surface area contributed by atoms with Crippen molar-refractivity contribution in [3.63, 3.8) is 0 Å². The Balaban J connectivity index is 1.60. The molecule has 0 aliphatic heterocycles. The van der Waals surface area contributed by atoms with Crippen LogP contribution in [0, 0.1) is 0 Å². The van der Waals surface area contributed by atoms with Gasteiger partial charge in [0, 0.05) is 18.0 Å². The Hall–Kier alpha value is -1.55. The molecule has 23 heavy (non-hydrogen) atoms. The summed E-state index contributed by atoms with van der Waals surface area (Å²) in [6.45, 7) is 1.53. The summed E-state index contributed by atoms with van der Waals surface area (Å²) in [5.41, 5.74) is 1.89. The van der Waals surface area contributed by atoms with Crippen LogP contribution in [0.25, 0.3) is 0 Å².